The van der Waals surface area contributed by atoms with Gasteiger partial charge in [0.2, 0.25) is 0 Å². The summed E-state index contributed by atoms with van der Waals surface area (Å²) in [6.45, 7) is 2.30. The molecule has 1 fully saturated rings. The number of halogens is 1. The number of nitrogens with zero attached hydrogens (tertiary/aromatic N) is 3. The van der Waals surface area contributed by atoms with Crippen LogP contribution in [0.3, 0.4) is 0 Å². The largest absolute Gasteiger partial charge is 0.307 e. The molecule has 26 heavy (non-hydrogen) atoms. The van der Waals surface area contributed by atoms with Gasteiger partial charge in [0.15, 0.2) is 9.35 Å². The molecule has 0 saturated heterocycles. The van der Waals surface area contributed by atoms with E-state index in [1.54, 1.807) is 10.7 Å². The van der Waals surface area contributed by atoms with Gasteiger partial charge in [-0.05, 0) is 36.7 Å². The van der Waals surface area contributed by atoms with E-state index in [1.165, 1.54) is 24.8 Å². The lowest BCUT2D eigenvalue weighted by molar-refractivity contribution is 0.358. The number of benzene rings is 1. The Morgan fingerprint density at radius 1 is 1.27 bits per heavy atom. The first kappa shape index (κ1) is 17.7. The zero-order chi connectivity index (χ0) is 18.1. The summed E-state index contributed by atoms with van der Waals surface area (Å²) in [6.07, 6.45) is 7.39. The SMILES string of the molecule is CC1CC(Cc2ccccc2)CCCC1c1nn2c(I)ncc2c(=O)[nH]1. The Hall–Kier alpha value is -1.70. The molecule has 1 N–H and O–H groups in total. The summed E-state index contributed by atoms with van der Waals surface area (Å²) in [4.78, 5) is 19.6. The van der Waals surface area contributed by atoms with Crippen LogP contribution >= 0.6 is 22.6 Å². The molecule has 1 saturated carbocycles. The second-order valence-electron chi connectivity index (χ2n) is 7.47. The van der Waals surface area contributed by atoms with Crippen LogP contribution in [-0.2, 0) is 6.42 Å². The van der Waals surface area contributed by atoms with Crippen molar-refractivity contribution >= 4 is 28.1 Å². The average Bonchev–Trinajstić information content (AvgIpc) is 2.90. The number of rotatable bonds is 3. The molecular weight excluding hydrogens is 439 g/mol. The molecule has 3 aromatic rings. The first-order valence-corrected chi connectivity index (χ1v) is 10.4. The van der Waals surface area contributed by atoms with Crippen molar-refractivity contribution in [3.8, 4) is 0 Å². The Morgan fingerprint density at radius 2 is 2.08 bits per heavy atom. The molecule has 1 aliphatic rings. The van der Waals surface area contributed by atoms with E-state index in [4.69, 9.17) is 5.10 Å². The Bertz CT molecular complexity index is 949. The van der Waals surface area contributed by atoms with Gasteiger partial charge in [-0.3, -0.25) is 4.79 Å². The Labute approximate surface area is 166 Å². The third-order valence-electron chi connectivity index (χ3n) is 5.62. The lowest BCUT2D eigenvalue weighted by atomic mass is 9.84. The second kappa shape index (κ2) is 7.50. The number of nitrogens with one attached hydrogen (secondary N) is 1. The maximum Gasteiger partial charge on any atom is 0.276 e. The van der Waals surface area contributed by atoms with Gasteiger partial charge in [-0.2, -0.15) is 5.10 Å². The Morgan fingerprint density at radius 3 is 2.88 bits per heavy atom. The molecule has 3 unspecified atom stereocenters. The van der Waals surface area contributed by atoms with Gasteiger partial charge in [0.25, 0.3) is 5.56 Å². The van der Waals surface area contributed by atoms with Crippen molar-refractivity contribution < 1.29 is 0 Å². The summed E-state index contributed by atoms with van der Waals surface area (Å²) in [6, 6.07) is 10.8. The van der Waals surface area contributed by atoms with E-state index < -0.39 is 0 Å². The predicted octanol–water partition coefficient (Wildman–Crippen LogP) is 4.17. The molecule has 2 aromatic heterocycles. The van der Waals surface area contributed by atoms with Gasteiger partial charge in [0, 0.05) is 28.5 Å². The van der Waals surface area contributed by atoms with Gasteiger partial charge in [-0.15, -0.1) is 0 Å². The molecule has 4 rings (SSSR count). The molecule has 2 heterocycles. The van der Waals surface area contributed by atoms with Crippen LogP contribution in [-0.4, -0.2) is 19.6 Å². The second-order valence-corrected chi connectivity index (χ2v) is 8.43. The third kappa shape index (κ3) is 3.56. The molecule has 1 aliphatic carbocycles. The minimum atomic E-state index is -0.0947. The normalized spacial score (nSPS) is 23.8. The van der Waals surface area contributed by atoms with Crippen LogP contribution in [0.15, 0.2) is 41.3 Å². The summed E-state index contributed by atoms with van der Waals surface area (Å²) in [5, 5.41) is 4.71. The number of hydrogen-bond acceptors (Lipinski definition) is 3. The number of imidazole rings is 1. The minimum absolute atomic E-state index is 0.0947. The predicted molar refractivity (Wildman–Crippen MR) is 110 cm³/mol. The smallest absolute Gasteiger partial charge is 0.276 e. The van der Waals surface area contributed by atoms with Crippen molar-refractivity contribution in [2.24, 2.45) is 11.8 Å². The molecule has 0 bridgehead atoms. The highest BCUT2D eigenvalue weighted by molar-refractivity contribution is 14.1. The zero-order valence-corrected chi connectivity index (χ0v) is 17.0. The highest BCUT2D eigenvalue weighted by atomic mass is 127. The van der Waals surface area contributed by atoms with Gasteiger partial charge >= 0.3 is 0 Å². The van der Waals surface area contributed by atoms with E-state index in [2.05, 4.69) is 69.8 Å². The van der Waals surface area contributed by atoms with Crippen molar-refractivity contribution in [1.29, 1.82) is 0 Å². The summed E-state index contributed by atoms with van der Waals surface area (Å²) >= 11 is 2.12. The van der Waals surface area contributed by atoms with Crippen LogP contribution in [0.25, 0.3) is 5.52 Å². The zero-order valence-electron chi connectivity index (χ0n) is 14.9. The third-order valence-corrected chi connectivity index (χ3v) is 6.35. The van der Waals surface area contributed by atoms with E-state index in [0.29, 0.717) is 23.3 Å². The fourth-order valence-electron chi connectivity index (χ4n) is 4.31. The van der Waals surface area contributed by atoms with Crippen LogP contribution in [0.2, 0.25) is 0 Å². The van der Waals surface area contributed by atoms with Gasteiger partial charge in [0.05, 0.1) is 6.20 Å². The Balaban J connectivity index is 1.56. The molecule has 136 valence electrons. The van der Waals surface area contributed by atoms with Gasteiger partial charge in [-0.25, -0.2) is 9.50 Å². The molecule has 0 radical (unpaired) electrons. The fraction of sp³-hybridized carbons (Fsp3) is 0.450. The topological polar surface area (TPSA) is 63.1 Å². The van der Waals surface area contributed by atoms with Crippen molar-refractivity contribution in [2.45, 2.75) is 44.9 Å². The molecule has 6 heteroatoms. The molecule has 0 spiro atoms. The van der Waals surface area contributed by atoms with Gasteiger partial charge in [0.1, 0.15) is 5.82 Å². The van der Waals surface area contributed by atoms with Crippen molar-refractivity contribution in [3.05, 3.63) is 62.1 Å². The minimum Gasteiger partial charge on any atom is -0.307 e. The maximum atomic E-state index is 12.4. The average molecular weight is 462 g/mol. The highest BCUT2D eigenvalue weighted by Crippen LogP contribution is 2.38. The summed E-state index contributed by atoms with van der Waals surface area (Å²) in [5.41, 5.74) is 1.84. The standard InChI is InChI=1S/C20H23IN4O/c1-13-10-15(11-14-6-3-2-4-7-14)8-5-9-16(13)18-23-19(26)17-12-22-20(21)25(17)24-18/h2-4,6-7,12-13,15-16H,5,8-11H2,1H3,(H,23,24,26). The fourth-order valence-corrected chi connectivity index (χ4v) is 4.82. The number of aromatic nitrogens is 4. The van der Waals surface area contributed by atoms with Crippen molar-refractivity contribution in [3.63, 3.8) is 0 Å². The van der Waals surface area contributed by atoms with E-state index in [1.807, 2.05) is 0 Å². The van der Waals surface area contributed by atoms with Crippen molar-refractivity contribution in [1.82, 2.24) is 19.6 Å². The lowest BCUT2D eigenvalue weighted by Gasteiger charge is -2.22. The molecule has 5 nitrogen and oxygen atoms in total. The summed E-state index contributed by atoms with van der Waals surface area (Å²) in [7, 11) is 0. The molecule has 1 aromatic carbocycles. The molecule has 0 amide bonds. The Kier molecular flexibility index (Phi) is 5.11. The lowest BCUT2D eigenvalue weighted by Crippen LogP contribution is -2.22. The van der Waals surface area contributed by atoms with Crippen LogP contribution in [0, 0.1) is 15.7 Å². The number of aromatic amines is 1. The summed E-state index contributed by atoms with van der Waals surface area (Å²) in [5.74, 6) is 2.30. The van der Waals surface area contributed by atoms with Gasteiger partial charge < -0.3 is 4.98 Å². The first-order chi connectivity index (χ1) is 12.6. The first-order valence-electron chi connectivity index (χ1n) is 9.29. The number of hydrogen-bond donors (Lipinski definition) is 1. The number of H-pyrrole nitrogens is 1. The maximum absolute atomic E-state index is 12.4. The van der Waals surface area contributed by atoms with Crippen LogP contribution in [0.1, 0.15) is 49.9 Å². The van der Waals surface area contributed by atoms with Gasteiger partial charge in [-0.1, -0.05) is 50.1 Å². The number of fused-ring (bicyclic) bond motifs is 1. The van der Waals surface area contributed by atoms with Crippen molar-refractivity contribution in [2.75, 3.05) is 0 Å². The highest BCUT2D eigenvalue weighted by Gasteiger charge is 2.29. The quantitative estimate of drug-likeness (QED) is 0.470. The molecule has 0 aliphatic heterocycles. The van der Waals surface area contributed by atoms with E-state index in [0.717, 1.165) is 22.5 Å². The van der Waals surface area contributed by atoms with E-state index in [9.17, 15) is 4.79 Å². The molecule has 3 atom stereocenters. The monoisotopic (exact) mass is 462 g/mol. The summed E-state index contributed by atoms with van der Waals surface area (Å²) < 4.78 is 2.40. The van der Waals surface area contributed by atoms with Crippen LogP contribution in [0.5, 0.6) is 0 Å². The van der Waals surface area contributed by atoms with E-state index >= 15 is 0 Å². The molecular formula is C20H23IN4O. The van der Waals surface area contributed by atoms with Crippen LogP contribution in [0.4, 0.5) is 0 Å². The van der Waals surface area contributed by atoms with Crippen LogP contribution < -0.4 is 5.56 Å². The van der Waals surface area contributed by atoms with E-state index in [-0.39, 0.29) is 5.56 Å².